The minimum Gasteiger partial charge on any atom is -0.308 e. The van der Waals surface area contributed by atoms with E-state index < -0.39 is 5.92 Å². The second-order valence-electron chi connectivity index (χ2n) is 5.78. The van der Waals surface area contributed by atoms with E-state index in [9.17, 15) is 13.6 Å². The van der Waals surface area contributed by atoms with E-state index in [1.54, 1.807) is 34.2 Å². The van der Waals surface area contributed by atoms with Gasteiger partial charge in [-0.3, -0.25) is 9.78 Å². The molecule has 0 saturated carbocycles. The zero-order chi connectivity index (χ0) is 19.2. The number of carbonyl (C=O) groups is 1. The second-order valence-corrected chi connectivity index (χ2v) is 7.36. The quantitative estimate of drug-likeness (QED) is 0.582. The molecular weight excluding hydrogens is 382 g/mol. The Balaban J connectivity index is 1.97. The fourth-order valence-corrected chi connectivity index (χ4v) is 3.53. The first-order valence-electron chi connectivity index (χ1n) is 8.23. The molecule has 0 spiro atoms. The predicted molar refractivity (Wildman–Crippen MR) is 102 cm³/mol. The van der Waals surface area contributed by atoms with Crippen LogP contribution in [0.5, 0.6) is 0 Å². The Kier molecular flexibility index (Phi) is 7.40. The van der Waals surface area contributed by atoms with Gasteiger partial charge in [0.15, 0.2) is 5.15 Å². The molecule has 2 aromatic heterocycles. The number of nitrogens with zero attached hydrogens (tertiary/aromatic N) is 4. The van der Waals surface area contributed by atoms with Crippen LogP contribution in [0, 0.1) is 0 Å². The van der Waals surface area contributed by atoms with Gasteiger partial charge in [0.1, 0.15) is 5.69 Å². The summed E-state index contributed by atoms with van der Waals surface area (Å²) < 4.78 is 27.1. The number of aromatic nitrogens is 3. The van der Waals surface area contributed by atoms with E-state index in [0.717, 1.165) is 12.6 Å². The highest BCUT2D eigenvalue weighted by Gasteiger charge is 2.22. The summed E-state index contributed by atoms with van der Waals surface area (Å²) in [6, 6.07) is 3.61. The lowest BCUT2D eigenvalue weighted by atomic mass is 10.3. The highest BCUT2D eigenvalue weighted by atomic mass is 35.5. The van der Waals surface area contributed by atoms with Crippen molar-refractivity contribution in [2.24, 2.45) is 0 Å². The molecule has 2 heterocycles. The van der Waals surface area contributed by atoms with Crippen molar-refractivity contribution in [3.05, 3.63) is 35.9 Å². The van der Waals surface area contributed by atoms with Crippen molar-refractivity contribution in [1.82, 2.24) is 14.8 Å². The lowest BCUT2D eigenvalue weighted by Crippen LogP contribution is -2.30. The molecule has 0 aliphatic rings. The third-order valence-electron chi connectivity index (χ3n) is 3.62. The molecule has 5 nitrogen and oxygen atoms in total. The van der Waals surface area contributed by atoms with Gasteiger partial charge in [-0.25, -0.2) is 13.5 Å². The fourth-order valence-electron chi connectivity index (χ4n) is 2.28. The Morgan fingerprint density at radius 3 is 2.81 bits per heavy atom. The number of hydrogen-bond acceptors (Lipinski definition) is 4. The number of halogens is 3. The normalized spacial score (nSPS) is 11.6. The number of thioether (sulfide) groups is 1. The van der Waals surface area contributed by atoms with Gasteiger partial charge in [0.05, 0.1) is 18.1 Å². The minimum atomic E-state index is -2.67. The highest BCUT2D eigenvalue weighted by molar-refractivity contribution is 7.99. The molecule has 0 bridgehead atoms. The number of alkyl halides is 2. The summed E-state index contributed by atoms with van der Waals surface area (Å²) in [6.45, 7) is 3.19. The van der Waals surface area contributed by atoms with Crippen molar-refractivity contribution in [2.45, 2.75) is 32.6 Å². The van der Waals surface area contributed by atoms with E-state index in [1.807, 2.05) is 13.0 Å². The van der Waals surface area contributed by atoms with Gasteiger partial charge in [-0.05, 0) is 31.7 Å². The molecule has 142 valence electrons. The average molecular weight is 403 g/mol. The maximum absolute atomic E-state index is 12.8. The Morgan fingerprint density at radius 1 is 1.42 bits per heavy atom. The number of anilines is 1. The van der Waals surface area contributed by atoms with Crippen LogP contribution in [0.3, 0.4) is 0 Å². The largest absolute Gasteiger partial charge is 0.308 e. The van der Waals surface area contributed by atoms with E-state index in [1.165, 1.54) is 11.8 Å². The monoisotopic (exact) mass is 402 g/mol. The number of amides is 1. The van der Waals surface area contributed by atoms with Crippen LogP contribution in [-0.4, -0.2) is 44.6 Å². The van der Waals surface area contributed by atoms with Crippen LogP contribution >= 0.6 is 23.4 Å². The van der Waals surface area contributed by atoms with Gasteiger partial charge >= 0.3 is 0 Å². The SMILES string of the molecule is CCN(C(=O)CCSCCC(C)(F)F)c1cn(-c2cccnc2)nc1Cl. The standard InChI is InChI=1S/C17H21ClF2N4OS/c1-3-23(15(25)6-9-26-10-7-17(2,19)20)14-12-24(22-16(14)18)13-5-4-8-21-11-13/h4-5,8,11-12H,3,6-7,9-10H2,1-2H3. The van der Waals surface area contributed by atoms with Crippen molar-refractivity contribution in [1.29, 1.82) is 0 Å². The first-order valence-corrected chi connectivity index (χ1v) is 9.76. The molecule has 0 aromatic carbocycles. The Morgan fingerprint density at radius 2 is 2.19 bits per heavy atom. The van der Waals surface area contributed by atoms with Gasteiger partial charge in [0.25, 0.3) is 0 Å². The summed E-state index contributed by atoms with van der Waals surface area (Å²) in [4.78, 5) is 18.1. The van der Waals surface area contributed by atoms with E-state index in [4.69, 9.17) is 11.6 Å². The molecule has 9 heteroatoms. The van der Waals surface area contributed by atoms with Crippen molar-refractivity contribution in [3.63, 3.8) is 0 Å². The Bertz CT molecular complexity index is 721. The molecule has 0 N–H and O–H groups in total. The minimum absolute atomic E-state index is 0.115. The molecule has 0 aliphatic carbocycles. The second kappa shape index (κ2) is 9.32. The molecule has 0 atom stereocenters. The third kappa shape index (κ3) is 5.95. The average Bonchev–Trinajstić information content (AvgIpc) is 2.97. The molecule has 1 amide bonds. The van der Waals surface area contributed by atoms with Gasteiger partial charge in [-0.15, -0.1) is 0 Å². The van der Waals surface area contributed by atoms with E-state index in [-0.39, 0.29) is 23.9 Å². The van der Waals surface area contributed by atoms with Gasteiger partial charge in [0.2, 0.25) is 11.8 Å². The molecule has 2 aromatic rings. The van der Waals surface area contributed by atoms with Crippen LogP contribution in [0.15, 0.2) is 30.7 Å². The first kappa shape index (κ1) is 20.6. The highest BCUT2D eigenvalue weighted by Crippen LogP contribution is 2.27. The van der Waals surface area contributed by atoms with Gasteiger partial charge < -0.3 is 4.90 Å². The van der Waals surface area contributed by atoms with E-state index in [0.29, 0.717) is 23.7 Å². The van der Waals surface area contributed by atoms with Crippen LogP contribution in [-0.2, 0) is 4.79 Å². The summed E-state index contributed by atoms with van der Waals surface area (Å²) in [6.07, 6.45) is 5.05. The Hall–Kier alpha value is -1.67. The summed E-state index contributed by atoms with van der Waals surface area (Å²) >= 11 is 7.56. The van der Waals surface area contributed by atoms with Gasteiger partial charge in [-0.2, -0.15) is 16.9 Å². The molecule has 0 aliphatic heterocycles. The van der Waals surface area contributed by atoms with E-state index >= 15 is 0 Å². The number of hydrogen-bond donors (Lipinski definition) is 0. The van der Waals surface area contributed by atoms with Crippen LogP contribution < -0.4 is 4.90 Å². The van der Waals surface area contributed by atoms with Crippen molar-refractivity contribution >= 4 is 35.0 Å². The zero-order valence-electron chi connectivity index (χ0n) is 14.7. The number of pyridine rings is 1. The number of carbonyl (C=O) groups excluding carboxylic acids is 1. The van der Waals surface area contributed by atoms with Crippen molar-refractivity contribution in [3.8, 4) is 5.69 Å². The topological polar surface area (TPSA) is 51.0 Å². The summed E-state index contributed by atoms with van der Waals surface area (Å²) in [7, 11) is 0. The van der Waals surface area contributed by atoms with Gasteiger partial charge in [-0.1, -0.05) is 11.6 Å². The maximum atomic E-state index is 12.8. The lowest BCUT2D eigenvalue weighted by Gasteiger charge is -2.19. The molecule has 0 unspecified atom stereocenters. The maximum Gasteiger partial charge on any atom is 0.246 e. The molecule has 2 rings (SSSR count). The summed E-state index contributed by atoms with van der Waals surface area (Å²) in [5.74, 6) is -1.97. The van der Waals surface area contributed by atoms with Crippen LogP contribution in [0.1, 0.15) is 26.7 Å². The smallest absolute Gasteiger partial charge is 0.246 e. The third-order valence-corrected chi connectivity index (χ3v) is 4.87. The summed E-state index contributed by atoms with van der Waals surface area (Å²) in [5.41, 5.74) is 1.26. The van der Waals surface area contributed by atoms with Crippen molar-refractivity contribution in [2.75, 3.05) is 23.0 Å². The first-order chi connectivity index (χ1) is 12.3. The fraction of sp³-hybridized carbons (Fsp3) is 0.471. The molecule has 0 radical (unpaired) electrons. The zero-order valence-corrected chi connectivity index (χ0v) is 16.2. The summed E-state index contributed by atoms with van der Waals surface area (Å²) in [5, 5.41) is 4.45. The van der Waals surface area contributed by atoms with Crippen molar-refractivity contribution < 1.29 is 13.6 Å². The molecule has 0 saturated heterocycles. The number of rotatable bonds is 9. The van der Waals surface area contributed by atoms with E-state index in [2.05, 4.69) is 10.1 Å². The van der Waals surface area contributed by atoms with Crippen LogP contribution in [0.25, 0.3) is 5.69 Å². The Labute approximate surface area is 160 Å². The van der Waals surface area contributed by atoms with Crippen LogP contribution in [0.2, 0.25) is 5.15 Å². The molecular formula is C17H21ClF2N4OS. The lowest BCUT2D eigenvalue weighted by molar-refractivity contribution is -0.118. The molecule has 0 fully saturated rings. The predicted octanol–water partition coefficient (Wildman–Crippen LogP) is 4.44. The molecule has 26 heavy (non-hydrogen) atoms. The van der Waals surface area contributed by atoms with Crippen LogP contribution in [0.4, 0.5) is 14.5 Å². The van der Waals surface area contributed by atoms with Gasteiger partial charge in [0, 0.05) is 31.3 Å².